The molecular weight excluding hydrogens is 709 g/mol. The van der Waals surface area contributed by atoms with Gasteiger partial charge in [-0.2, -0.15) is 0 Å². The first-order valence-corrected chi connectivity index (χ1v) is 19.7. The normalized spacial score (nSPS) is 11.6. The Hall–Kier alpha value is -7.63. The fourth-order valence-corrected chi connectivity index (χ4v) is 8.42. The topological polar surface area (TPSA) is 56.7 Å². The standard InChI is InChI=1S/C53H36N4O/c1-2-34-29-41(33-47-50(34)44-24-9-11-25-46(44)57(47)42-21-7-4-8-22-42)53-55-51(54-52(56-53)40-27-28-49-45(32-40)43-23-10-12-26-48(43)58-49)39-20-14-19-38(31-39)37-18-13-17-36(30-37)35-15-5-3-6-16-35/h3-33H,2H2,1H3. The van der Waals surface area contributed by atoms with E-state index in [0.717, 1.165) is 67.4 Å². The highest BCUT2D eigenvalue weighted by Crippen LogP contribution is 2.39. The molecule has 3 heterocycles. The van der Waals surface area contributed by atoms with Crippen LogP contribution in [0.1, 0.15) is 12.5 Å². The Labute approximate surface area is 335 Å². The molecule has 0 aliphatic carbocycles. The maximum atomic E-state index is 6.20. The number of furan rings is 1. The molecule has 0 aliphatic heterocycles. The highest BCUT2D eigenvalue weighted by Gasteiger charge is 2.20. The van der Waals surface area contributed by atoms with E-state index in [4.69, 9.17) is 19.4 Å². The molecule has 0 N–H and O–H groups in total. The highest BCUT2D eigenvalue weighted by molar-refractivity contribution is 6.12. The Morgan fingerprint density at radius 3 is 1.69 bits per heavy atom. The largest absolute Gasteiger partial charge is 0.456 e. The van der Waals surface area contributed by atoms with Gasteiger partial charge in [-0.25, -0.2) is 15.0 Å². The van der Waals surface area contributed by atoms with Crippen molar-refractivity contribution in [1.29, 1.82) is 0 Å². The van der Waals surface area contributed by atoms with Gasteiger partial charge in [0.2, 0.25) is 0 Å². The quantitative estimate of drug-likeness (QED) is 0.163. The third-order valence-corrected chi connectivity index (χ3v) is 11.2. The lowest BCUT2D eigenvalue weighted by atomic mass is 9.98. The zero-order valence-corrected chi connectivity index (χ0v) is 31.8. The van der Waals surface area contributed by atoms with Crippen LogP contribution in [-0.4, -0.2) is 19.5 Å². The van der Waals surface area contributed by atoms with Crippen LogP contribution >= 0.6 is 0 Å². The van der Waals surface area contributed by atoms with Crippen LogP contribution in [-0.2, 0) is 6.42 Å². The number of aromatic nitrogens is 4. The molecular formula is C53H36N4O. The molecule has 5 nitrogen and oxygen atoms in total. The molecule has 5 heteroatoms. The van der Waals surface area contributed by atoms with Gasteiger partial charge < -0.3 is 8.98 Å². The van der Waals surface area contributed by atoms with Gasteiger partial charge in [-0.1, -0.05) is 128 Å². The van der Waals surface area contributed by atoms with Crippen molar-refractivity contribution in [3.63, 3.8) is 0 Å². The molecule has 274 valence electrons. The fourth-order valence-electron chi connectivity index (χ4n) is 8.42. The number of aryl methyl sites for hydroxylation is 1. The summed E-state index contributed by atoms with van der Waals surface area (Å²) in [7, 11) is 0. The number of hydrogen-bond acceptors (Lipinski definition) is 4. The summed E-state index contributed by atoms with van der Waals surface area (Å²) in [5, 5.41) is 4.57. The number of rotatable bonds is 7. The molecule has 0 atom stereocenters. The monoisotopic (exact) mass is 744 g/mol. The van der Waals surface area contributed by atoms with Crippen molar-refractivity contribution in [1.82, 2.24) is 19.5 Å². The van der Waals surface area contributed by atoms with E-state index in [1.165, 1.54) is 33.0 Å². The number of benzene rings is 8. The maximum Gasteiger partial charge on any atom is 0.164 e. The summed E-state index contributed by atoms with van der Waals surface area (Å²) in [5.41, 5.74) is 13.7. The van der Waals surface area contributed by atoms with Crippen LogP contribution in [0.25, 0.3) is 106 Å². The first kappa shape index (κ1) is 33.7. The van der Waals surface area contributed by atoms with Gasteiger partial charge in [0.1, 0.15) is 11.2 Å². The van der Waals surface area contributed by atoms with Crippen molar-refractivity contribution in [3.05, 3.63) is 194 Å². The second kappa shape index (κ2) is 13.8. The minimum Gasteiger partial charge on any atom is -0.456 e. The first-order valence-electron chi connectivity index (χ1n) is 19.7. The molecule has 11 aromatic rings. The van der Waals surface area contributed by atoms with E-state index in [0.29, 0.717) is 17.5 Å². The predicted octanol–water partition coefficient (Wildman–Crippen LogP) is 13.8. The van der Waals surface area contributed by atoms with Gasteiger partial charge in [-0.05, 0) is 101 Å². The van der Waals surface area contributed by atoms with Gasteiger partial charge in [-0.3, -0.25) is 0 Å². The summed E-state index contributed by atoms with van der Waals surface area (Å²) in [6.07, 6.45) is 0.853. The van der Waals surface area contributed by atoms with E-state index in [9.17, 15) is 0 Å². The third-order valence-electron chi connectivity index (χ3n) is 11.2. The molecule has 0 aliphatic rings. The first-order chi connectivity index (χ1) is 28.7. The Bertz CT molecular complexity index is 3330. The summed E-state index contributed by atoms with van der Waals surface area (Å²) in [5.74, 6) is 1.83. The lowest BCUT2D eigenvalue weighted by molar-refractivity contribution is 0.669. The van der Waals surface area contributed by atoms with Gasteiger partial charge >= 0.3 is 0 Å². The summed E-state index contributed by atoms with van der Waals surface area (Å²) in [6, 6.07) is 65.9. The Morgan fingerprint density at radius 1 is 0.397 bits per heavy atom. The number of nitrogens with zero attached hydrogens (tertiary/aromatic N) is 4. The van der Waals surface area contributed by atoms with Crippen LogP contribution in [0.15, 0.2) is 192 Å². The molecule has 0 unspecified atom stereocenters. The minimum atomic E-state index is 0.602. The van der Waals surface area contributed by atoms with Crippen LogP contribution in [0.5, 0.6) is 0 Å². The molecule has 0 saturated carbocycles. The van der Waals surface area contributed by atoms with Crippen molar-refractivity contribution < 1.29 is 4.42 Å². The van der Waals surface area contributed by atoms with E-state index < -0.39 is 0 Å². The lowest BCUT2D eigenvalue weighted by Gasteiger charge is -2.13. The second-order valence-corrected chi connectivity index (χ2v) is 14.7. The second-order valence-electron chi connectivity index (χ2n) is 14.7. The molecule has 11 rings (SSSR count). The average Bonchev–Trinajstić information content (AvgIpc) is 3.85. The molecule has 3 aromatic heterocycles. The van der Waals surface area contributed by atoms with E-state index in [2.05, 4.69) is 163 Å². The molecule has 58 heavy (non-hydrogen) atoms. The fraction of sp³-hybridized carbons (Fsp3) is 0.0377. The third kappa shape index (κ3) is 5.75. The van der Waals surface area contributed by atoms with Crippen molar-refractivity contribution in [2.75, 3.05) is 0 Å². The molecule has 0 bridgehead atoms. The molecule has 8 aromatic carbocycles. The SMILES string of the molecule is CCc1cc(-c2nc(-c3cccc(-c4cccc(-c5ccccc5)c4)c3)nc(-c3ccc4oc5ccccc5c4c3)n2)cc2c1c1ccccc1n2-c1ccccc1. The van der Waals surface area contributed by atoms with Crippen LogP contribution in [0.3, 0.4) is 0 Å². The Balaban J connectivity index is 1.13. The summed E-state index contributed by atoms with van der Waals surface area (Å²) < 4.78 is 8.57. The van der Waals surface area contributed by atoms with Crippen LogP contribution in [0, 0.1) is 0 Å². The number of hydrogen-bond donors (Lipinski definition) is 0. The van der Waals surface area contributed by atoms with Crippen molar-refractivity contribution in [3.8, 4) is 62.1 Å². The summed E-state index contributed by atoms with van der Waals surface area (Å²) in [4.78, 5) is 15.8. The molecule has 0 radical (unpaired) electrons. The van der Waals surface area contributed by atoms with Gasteiger partial charge in [0.05, 0.1) is 11.0 Å². The smallest absolute Gasteiger partial charge is 0.164 e. The Morgan fingerprint density at radius 2 is 0.948 bits per heavy atom. The minimum absolute atomic E-state index is 0.602. The van der Waals surface area contributed by atoms with Gasteiger partial charge in [0, 0.05) is 43.9 Å². The zero-order valence-electron chi connectivity index (χ0n) is 31.8. The van der Waals surface area contributed by atoms with E-state index in [1.54, 1.807) is 0 Å². The number of fused-ring (bicyclic) bond motifs is 6. The van der Waals surface area contributed by atoms with Crippen molar-refractivity contribution >= 4 is 43.7 Å². The molecule has 0 spiro atoms. The number of para-hydroxylation sites is 3. The van der Waals surface area contributed by atoms with Crippen molar-refractivity contribution in [2.24, 2.45) is 0 Å². The van der Waals surface area contributed by atoms with Crippen LogP contribution in [0.4, 0.5) is 0 Å². The summed E-state index contributed by atoms with van der Waals surface area (Å²) >= 11 is 0. The van der Waals surface area contributed by atoms with Gasteiger partial charge in [0.15, 0.2) is 17.5 Å². The van der Waals surface area contributed by atoms with E-state index in [-0.39, 0.29) is 0 Å². The van der Waals surface area contributed by atoms with Crippen LogP contribution in [0.2, 0.25) is 0 Å². The van der Waals surface area contributed by atoms with Gasteiger partial charge in [0.25, 0.3) is 0 Å². The lowest BCUT2D eigenvalue weighted by Crippen LogP contribution is -2.01. The average molecular weight is 745 g/mol. The van der Waals surface area contributed by atoms with E-state index >= 15 is 0 Å². The van der Waals surface area contributed by atoms with Crippen molar-refractivity contribution in [2.45, 2.75) is 13.3 Å². The maximum absolute atomic E-state index is 6.20. The van der Waals surface area contributed by atoms with E-state index in [1.807, 2.05) is 36.4 Å². The Kier molecular flexibility index (Phi) is 8.04. The zero-order chi connectivity index (χ0) is 38.6. The summed E-state index contributed by atoms with van der Waals surface area (Å²) in [6.45, 7) is 2.22. The predicted molar refractivity (Wildman–Crippen MR) is 238 cm³/mol. The molecule has 0 amide bonds. The highest BCUT2D eigenvalue weighted by atomic mass is 16.3. The molecule has 0 fully saturated rings. The molecule has 0 saturated heterocycles. The van der Waals surface area contributed by atoms with Crippen LogP contribution < -0.4 is 0 Å². The van der Waals surface area contributed by atoms with Gasteiger partial charge in [-0.15, -0.1) is 0 Å².